The third-order valence-electron chi connectivity index (χ3n) is 6.16. The van der Waals surface area contributed by atoms with E-state index in [9.17, 15) is 9.59 Å². The third-order valence-corrected chi connectivity index (χ3v) is 6.16. The molecule has 2 aromatic rings. The molecule has 0 aliphatic carbocycles. The first kappa shape index (κ1) is 23.7. The molecule has 172 valence electrons. The van der Waals surface area contributed by atoms with Crippen LogP contribution in [0.15, 0.2) is 36.4 Å². The van der Waals surface area contributed by atoms with Gasteiger partial charge >= 0.3 is 0 Å². The smallest absolute Gasteiger partial charge is 0.242 e. The first-order valence-electron chi connectivity index (χ1n) is 11.5. The van der Waals surface area contributed by atoms with Crippen molar-refractivity contribution in [3.8, 4) is 11.3 Å². The second-order valence-corrected chi connectivity index (χ2v) is 8.89. The van der Waals surface area contributed by atoms with E-state index in [-0.39, 0.29) is 30.3 Å². The van der Waals surface area contributed by atoms with Crippen molar-refractivity contribution < 1.29 is 9.59 Å². The van der Waals surface area contributed by atoms with Crippen LogP contribution >= 0.6 is 0 Å². The van der Waals surface area contributed by atoms with Crippen LogP contribution in [0.25, 0.3) is 11.3 Å². The second kappa shape index (κ2) is 10.6. The van der Waals surface area contributed by atoms with E-state index < -0.39 is 0 Å². The quantitative estimate of drug-likeness (QED) is 0.664. The summed E-state index contributed by atoms with van der Waals surface area (Å²) < 4.78 is 0. The number of hydrogen-bond acceptors (Lipinski definition) is 5. The van der Waals surface area contributed by atoms with Crippen molar-refractivity contribution in [3.63, 3.8) is 0 Å². The number of benzene rings is 1. The Kier molecular flexibility index (Phi) is 7.83. The third kappa shape index (κ3) is 5.64. The summed E-state index contributed by atoms with van der Waals surface area (Å²) in [5.41, 5.74) is 3.11. The van der Waals surface area contributed by atoms with E-state index >= 15 is 0 Å². The topological polar surface area (TPSA) is 69.6 Å². The minimum Gasteiger partial charge on any atom is -0.352 e. The minimum atomic E-state index is -0.116. The molecule has 0 bridgehead atoms. The van der Waals surface area contributed by atoms with E-state index in [1.54, 1.807) is 4.90 Å². The van der Waals surface area contributed by atoms with Crippen LogP contribution in [0.1, 0.15) is 39.7 Å². The van der Waals surface area contributed by atoms with E-state index in [2.05, 4.69) is 46.3 Å². The van der Waals surface area contributed by atoms with Crippen molar-refractivity contribution in [2.24, 2.45) is 5.92 Å². The molecule has 1 aromatic heterocycles. The summed E-state index contributed by atoms with van der Waals surface area (Å²) in [6.45, 7) is 12.7. The summed E-state index contributed by atoms with van der Waals surface area (Å²) in [6, 6.07) is 12.3. The van der Waals surface area contributed by atoms with Crippen molar-refractivity contribution in [2.45, 2.75) is 47.1 Å². The summed E-state index contributed by atoms with van der Waals surface area (Å²) in [5.74, 6) is 0.759. The lowest BCUT2D eigenvalue weighted by atomic mass is 10.1. The van der Waals surface area contributed by atoms with Crippen molar-refractivity contribution in [2.75, 3.05) is 37.6 Å². The molecule has 1 aromatic carbocycles. The Bertz CT molecular complexity index is 903. The Morgan fingerprint density at radius 2 is 1.62 bits per heavy atom. The summed E-state index contributed by atoms with van der Waals surface area (Å²) >= 11 is 0. The van der Waals surface area contributed by atoms with Crippen LogP contribution in [-0.2, 0) is 9.59 Å². The number of hydrogen-bond donors (Lipinski definition) is 0. The van der Waals surface area contributed by atoms with Gasteiger partial charge in [0.15, 0.2) is 5.82 Å². The number of aromatic nitrogens is 2. The lowest BCUT2D eigenvalue weighted by Crippen LogP contribution is -2.53. The molecule has 0 unspecified atom stereocenters. The highest BCUT2D eigenvalue weighted by molar-refractivity contribution is 5.86. The van der Waals surface area contributed by atoms with E-state index in [1.165, 1.54) is 5.56 Å². The highest BCUT2D eigenvalue weighted by Gasteiger charge is 2.28. The van der Waals surface area contributed by atoms with Crippen molar-refractivity contribution in [3.05, 3.63) is 42.0 Å². The number of rotatable bonds is 7. The number of aryl methyl sites for hydroxylation is 1. The molecule has 1 saturated heterocycles. The zero-order valence-corrected chi connectivity index (χ0v) is 19.9. The Balaban J connectivity index is 1.57. The fraction of sp³-hybridized carbons (Fsp3) is 0.520. The molecule has 1 aliphatic heterocycles. The molecule has 0 spiro atoms. The Morgan fingerprint density at radius 1 is 0.969 bits per heavy atom. The van der Waals surface area contributed by atoms with Gasteiger partial charge in [-0.25, -0.2) is 0 Å². The van der Waals surface area contributed by atoms with E-state index in [4.69, 9.17) is 0 Å². The largest absolute Gasteiger partial charge is 0.352 e. The molecule has 2 heterocycles. The van der Waals surface area contributed by atoms with Gasteiger partial charge in [0.1, 0.15) is 0 Å². The van der Waals surface area contributed by atoms with Crippen LogP contribution in [0.4, 0.5) is 5.82 Å². The van der Waals surface area contributed by atoms with Gasteiger partial charge < -0.3 is 14.7 Å². The summed E-state index contributed by atoms with van der Waals surface area (Å²) in [4.78, 5) is 31.2. The lowest BCUT2D eigenvalue weighted by Gasteiger charge is -2.37. The molecular weight excluding hydrogens is 402 g/mol. The standard InChI is InChI=1S/C25H35N5O2/c1-6-20(5)30(25(32)18(2)3)17-24(31)29-15-13-28(14-16-29)23-12-11-22(26-27-23)21-9-7-19(4)8-10-21/h7-12,18,20H,6,13-17H2,1-5H3/t20-/m0/s1. The van der Waals surface area contributed by atoms with Gasteiger partial charge in [-0.15, -0.1) is 10.2 Å². The Morgan fingerprint density at radius 3 is 2.16 bits per heavy atom. The highest BCUT2D eigenvalue weighted by Crippen LogP contribution is 2.20. The van der Waals surface area contributed by atoms with Gasteiger partial charge in [-0.3, -0.25) is 9.59 Å². The number of nitrogens with zero attached hydrogens (tertiary/aromatic N) is 5. The van der Waals surface area contributed by atoms with Crippen LogP contribution in [0.2, 0.25) is 0 Å². The fourth-order valence-electron chi connectivity index (χ4n) is 3.81. The Labute approximate surface area is 191 Å². The van der Waals surface area contributed by atoms with Crippen LogP contribution < -0.4 is 4.90 Å². The van der Waals surface area contributed by atoms with Gasteiger partial charge in [-0.1, -0.05) is 50.6 Å². The van der Waals surface area contributed by atoms with Crippen molar-refractivity contribution in [1.82, 2.24) is 20.0 Å². The average Bonchev–Trinajstić information content (AvgIpc) is 2.82. The van der Waals surface area contributed by atoms with Gasteiger partial charge in [0, 0.05) is 43.7 Å². The second-order valence-electron chi connectivity index (χ2n) is 8.89. The molecule has 0 radical (unpaired) electrons. The predicted octanol–water partition coefficient (Wildman–Crippen LogP) is 3.38. The van der Waals surface area contributed by atoms with Crippen LogP contribution in [0.3, 0.4) is 0 Å². The number of piperazine rings is 1. The summed E-state index contributed by atoms with van der Waals surface area (Å²) in [7, 11) is 0. The van der Waals surface area contributed by atoms with E-state index in [1.807, 2.05) is 44.7 Å². The maximum absolute atomic E-state index is 12.9. The highest BCUT2D eigenvalue weighted by atomic mass is 16.2. The number of anilines is 1. The molecule has 3 rings (SSSR count). The van der Waals surface area contributed by atoms with Crippen molar-refractivity contribution in [1.29, 1.82) is 0 Å². The molecular formula is C25H35N5O2. The fourth-order valence-corrected chi connectivity index (χ4v) is 3.81. The molecule has 1 fully saturated rings. The molecule has 7 heteroatoms. The van der Waals surface area contributed by atoms with Gasteiger partial charge in [-0.05, 0) is 32.4 Å². The Hall–Kier alpha value is -2.96. The molecule has 32 heavy (non-hydrogen) atoms. The SMILES string of the molecule is CC[C@H](C)N(CC(=O)N1CCN(c2ccc(-c3ccc(C)cc3)nn2)CC1)C(=O)C(C)C. The number of carbonyl (C=O) groups excluding carboxylic acids is 2. The molecule has 1 aliphatic rings. The van der Waals surface area contributed by atoms with Crippen LogP contribution in [0, 0.1) is 12.8 Å². The van der Waals surface area contributed by atoms with E-state index in [0.717, 1.165) is 23.5 Å². The zero-order chi connectivity index (χ0) is 23.3. The van der Waals surface area contributed by atoms with Gasteiger partial charge in [-0.2, -0.15) is 0 Å². The first-order valence-corrected chi connectivity index (χ1v) is 11.5. The normalized spacial score (nSPS) is 15.1. The summed E-state index contributed by atoms with van der Waals surface area (Å²) in [6.07, 6.45) is 0.830. The maximum Gasteiger partial charge on any atom is 0.242 e. The maximum atomic E-state index is 12.9. The monoisotopic (exact) mass is 437 g/mol. The number of amides is 2. The molecule has 2 amide bonds. The van der Waals surface area contributed by atoms with Gasteiger partial charge in [0.25, 0.3) is 0 Å². The lowest BCUT2D eigenvalue weighted by molar-refractivity contribution is -0.144. The first-order chi connectivity index (χ1) is 15.3. The number of carbonyl (C=O) groups is 2. The average molecular weight is 438 g/mol. The minimum absolute atomic E-state index is 0.0137. The van der Waals surface area contributed by atoms with Gasteiger partial charge in [0.2, 0.25) is 11.8 Å². The predicted molar refractivity (Wildman–Crippen MR) is 127 cm³/mol. The zero-order valence-electron chi connectivity index (χ0n) is 19.9. The summed E-state index contributed by atoms with van der Waals surface area (Å²) in [5, 5.41) is 8.81. The molecule has 0 N–H and O–H groups in total. The molecule has 1 atom stereocenters. The van der Waals surface area contributed by atoms with Crippen LogP contribution in [0.5, 0.6) is 0 Å². The van der Waals surface area contributed by atoms with Crippen LogP contribution in [-0.4, -0.2) is 70.6 Å². The molecule has 0 saturated carbocycles. The van der Waals surface area contributed by atoms with Crippen molar-refractivity contribution >= 4 is 17.6 Å². The van der Waals surface area contributed by atoms with Gasteiger partial charge in [0.05, 0.1) is 12.2 Å². The molecule has 7 nitrogen and oxygen atoms in total. The van der Waals surface area contributed by atoms with E-state index in [0.29, 0.717) is 26.2 Å².